The van der Waals surface area contributed by atoms with E-state index in [0.29, 0.717) is 0 Å². The molecule has 0 saturated carbocycles. The second kappa shape index (κ2) is 1.03. The minimum atomic E-state index is -10.6. The van der Waals surface area contributed by atoms with Gasteiger partial charge in [0.2, 0.25) is 0 Å². The Morgan fingerprint density at radius 1 is 1.11 bits per heavy atom. The Morgan fingerprint density at radius 3 is 1.22 bits per heavy atom. The van der Waals surface area contributed by atoms with E-state index in [2.05, 4.69) is 0 Å². The van der Waals surface area contributed by atoms with Crippen LogP contribution in [0.4, 0.5) is 21.0 Å². The molecule has 0 aliphatic heterocycles. The van der Waals surface area contributed by atoms with Gasteiger partial charge in [-0.15, -0.1) is 0 Å². The van der Waals surface area contributed by atoms with Crippen molar-refractivity contribution in [1.29, 1.82) is 0 Å². The third kappa shape index (κ3) is 2.50. The Labute approximate surface area is 44.8 Å². The molecule has 0 bridgehead atoms. The van der Waals surface area contributed by atoms with E-state index in [-0.39, 0.29) is 0 Å². The van der Waals surface area contributed by atoms with Gasteiger partial charge in [-0.3, -0.25) is 0 Å². The van der Waals surface area contributed by atoms with Crippen molar-refractivity contribution in [1.82, 2.24) is 0 Å². The first-order valence-electron chi connectivity index (χ1n) is 1.41. The van der Waals surface area contributed by atoms with Crippen LogP contribution < -0.4 is 0 Å². The van der Waals surface area contributed by atoms with E-state index in [1.165, 1.54) is 0 Å². The SMILES string of the molecule is O=[N+]([O-])[P-](F)(F)(F)(F)F. The second-order valence-corrected chi connectivity index (χ2v) is 3.61. The summed E-state index contributed by atoms with van der Waals surface area (Å²) in [4.78, 5) is 8.66. The summed E-state index contributed by atoms with van der Waals surface area (Å²) in [6.45, 7) is 0. The minimum absolute atomic E-state index is 3.47. The molecule has 0 atom stereocenters. The van der Waals surface area contributed by atoms with Gasteiger partial charge in [-0.2, -0.15) is 0 Å². The van der Waals surface area contributed by atoms with Gasteiger partial charge in [0, 0.05) is 0 Å². The molecule has 9 heavy (non-hydrogen) atoms. The normalized spacial score (nSPS) is 20.1. The molecule has 0 N–H and O–H groups in total. The molecule has 0 aliphatic rings. The summed E-state index contributed by atoms with van der Waals surface area (Å²) in [5.41, 5.74) is 0. The average molecular weight is 172 g/mol. The van der Waals surface area contributed by atoms with Gasteiger partial charge in [-0.05, 0) is 0 Å². The Morgan fingerprint density at radius 2 is 1.22 bits per heavy atom. The van der Waals surface area contributed by atoms with Crippen molar-refractivity contribution in [2.75, 3.05) is 0 Å². The van der Waals surface area contributed by atoms with Crippen LogP contribution in [0, 0.1) is 10.1 Å². The summed E-state index contributed by atoms with van der Waals surface area (Å²) in [7, 11) is -10.6. The third-order valence-corrected chi connectivity index (χ3v) is 0.926. The number of nitro groups is 1. The van der Waals surface area contributed by atoms with Gasteiger partial charge in [0.05, 0.1) is 0 Å². The molecule has 0 spiro atoms. The van der Waals surface area contributed by atoms with Crippen LogP contribution in [0.3, 0.4) is 0 Å². The van der Waals surface area contributed by atoms with E-state index in [9.17, 15) is 21.0 Å². The molecule has 0 amide bonds. The standard InChI is InChI=1S/F5NO2P/c1-9(2,3,4,5)6(7)8/q-1. The van der Waals surface area contributed by atoms with Crippen molar-refractivity contribution in [3.8, 4) is 0 Å². The van der Waals surface area contributed by atoms with E-state index in [0.717, 1.165) is 0 Å². The topological polar surface area (TPSA) is 43.1 Å². The Kier molecular flexibility index (Phi) is 0.969. The molecule has 0 fully saturated rings. The number of hydrogen-bond acceptors (Lipinski definition) is 2. The first-order chi connectivity index (χ1) is 3.43. The molecule has 0 aromatic rings. The van der Waals surface area contributed by atoms with E-state index in [4.69, 9.17) is 10.1 Å². The molecule has 0 aliphatic carbocycles. The maximum absolute atomic E-state index is 10.7. The van der Waals surface area contributed by atoms with Crippen LogP contribution in [-0.4, -0.2) is 4.69 Å². The zero-order valence-corrected chi connectivity index (χ0v) is 4.50. The Hall–Kier alpha value is -0.520. The van der Waals surface area contributed by atoms with Crippen LogP contribution >= 0.6 is 7.65 Å². The van der Waals surface area contributed by atoms with Gasteiger partial charge < -0.3 is 0 Å². The summed E-state index contributed by atoms with van der Waals surface area (Å²) in [6.07, 6.45) is 0. The van der Waals surface area contributed by atoms with E-state index >= 15 is 0 Å². The van der Waals surface area contributed by atoms with Crippen LogP contribution in [0.25, 0.3) is 0 Å². The van der Waals surface area contributed by atoms with Crippen molar-refractivity contribution in [2.24, 2.45) is 0 Å². The Bertz CT molecular complexity index is 151. The molecule has 0 saturated heterocycles. The van der Waals surface area contributed by atoms with Crippen molar-refractivity contribution < 1.29 is 25.7 Å². The van der Waals surface area contributed by atoms with Crippen LogP contribution in [0.2, 0.25) is 0 Å². The van der Waals surface area contributed by atoms with Crippen molar-refractivity contribution in [3.63, 3.8) is 0 Å². The van der Waals surface area contributed by atoms with Crippen LogP contribution in [0.15, 0.2) is 0 Å². The summed E-state index contributed by atoms with van der Waals surface area (Å²) < 4.78 is 49.8. The Balaban J connectivity index is 5.01. The molecule has 0 unspecified atom stereocenters. The number of hydrogen-bond donors (Lipinski definition) is 0. The van der Waals surface area contributed by atoms with Gasteiger partial charge in [-0.1, -0.05) is 0 Å². The fraction of sp³-hybridized carbons (Fsp3) is 0. The fourth-order valence-corrected chi connectivity index (χ4v) is 0. The number of rotatable bonds is 1. The summed E-state index contributed by atoms with van der Waals surface area (Å²) in [5, 5.41) is 8.66. The molecule has 0 radical (unpaired) electrons. The third-order valence-electron chi connectivity index (χ3n) is 0.309. The van der Waals surface area contributed by atoms with Crippen molar-refractivity contribution >= 4 is 7.65 Å². The molecule has 3 nitrogen and oxygen atoms in total. The van der Waals surface area contributed by atoms with Crippen molar-refractivity contribution in [2.45, 2.75) is 0 Å². The average Bonchev–Trinajstić information content (AvgIpc) is 1.24. The van der Waals surface area contributed by atoms with Crippen LogP contribution in [0.1, 0.15) is 0 Å². The van der Waals surface area contributed by atoms with Gasteiger partial charge in [0.1, 0.15) is 0 Å². The maximum atomic E-state index is 10.7. The van der Waals surface area contributed by atoms with Gasteiger partial charge in [0.25, 0.3) is 0 Å². The van der Waals surface area contributed by atoms with Gasteiger partial charge >= 0.3 is 43.4 Å². The first-order valence-corrected chi connectivity index (χ1v) is 3.50. The molecule has 0 heterocycles. The monoisotopic (exact) mass is 172 g/mol. The predicted octanol–water partition coefficient (Wildman–Crippen LogP) is 2.69. The first kappa shape index (κ1) is 8.48. The number of halogens is 5. The molecule has 0 aromatic carbocycles. The molecular weight excluding hydrogens is 172 g/mol. The summed E-state index contributed by atoms with van der Waals surface area (Å²) in [5.74, 6) is 0. The molecule has 9 heteroatoms. The summed E-state index contributed by atoms with van der Waals surface area (Å²) >= 11 is 0. The second-order valence-electron chi connectivity index (χ2n) is 1.25. The predicted molar refractivity (Wildman–Crippen MR) is 19.5 cm³/mol. The quantitative estimate of drug-likeness (QED) is 0.264. The van der Waals surface area contributed by atoms with E-state index in [1.54, 1.807) is 0 Å². The molecule has 0 aromatic heterocycles. The molecular formula is F5NO2P-. The van der Waals surface area contributed by atoms with Crippen LogP contribution in [-0.2, 0) is 0 Å². The van der Waals surface area contributed by atoms with E-state index < -0.39 is 12.3 Å². The fourth-order valence-electron chi connectivity index (χ4n) is 0. The zero-order chi connectivity index (χ0) is 7.99. The van der Waals surface area contributed by atoms with Crippen LogP contribution in [0.5, 0.6) is 0 Å². The van der Waals surface area contributed by atoms with Gasteiger partial charge in [0.15, 0.2) is 0 Å². The summed E-state index contributed by atoms with van der Waals surface area (Å²) in [6, 6.07) is 0. The van der Waals surface area contributed by atoms with E-state index in [1.807, 2.05) is 0 Å². The van der Waals surface area contributed by atoms with Crippen molar-refractivity contribution in [3.05, 3.63) is 10.1 Å². The molecule has 58 valence electrons. The molecule has 0 rings (SSSR count). The number of nitrogens with zero attached hydrogens (tertiary/aromatic N) is 1. The zero-order valence-electron chi connectivity index (χ0n) is 3.60. The van der Waals surface area contributed by atoms with Gasteiger partial charge in [-0.25, -0.2) is 0 Å².